The number of nitrogens with zero attached hydrogens (tertiary/aromatic N) is 1. The van der Waals surface area contributed by atoms with Gasteiger partial charge in [0.25, 0.3) is 5.91 Å². The summed E-state index contributed by atoms with van der Waals surface area (Å²) in [6.45, 7) is 5.73. The molecule has 0 fully saturated rings. The Hall–Kier alpha value is -1.58. The highest BCUT2D eigenvalue weighted by Gasteiger charge is 2.05. The van der Waals surface area contributed by atoms with Gasteiger partial charge in [0.2, 0.25) is 0 Å². The van der Waals surface area contributed by atoms with Crippen LogP contribution in [-0.2, 0) is 0 Å². The highest BCUT2D eigenvalue weighted by molar-refractivity contribution is 5.92. The highest BCUT2D eigenvalue weighted by Crippen LogP contribution is 2.05. The molecule has 0 aliphatic rings. The molecule has 1 aromatic rings. The quantitative estimate of drug-likeness (QED) is 0.773. The second-order valence-corrected chi connectivity index (χ2v) is 3.61. The van der Waals surface area contributed by atoms with Crippen molar-refractivity contribution in [2.75, 3.05) is 18.4 Å². The van der Waals surface area contributed by atoms with E-state index in [0.29, 0.717) is 12.2 Å². The zero-order chi connectivity index (χ0) is 11.8. The summed E-state index contributed by atoms with van der Waals surface area (Å²) >= 11 is 0. The predicted molar refractivity (Wildman–Crippen MR) is 65.6 cm³/mol. The van der Waals surface area contributed by atoms with Gasteiger partial charge in [0.1, 0.15) is 5.69 Å². The van der Waals surface area contributed by atoms with E-state index in [1.807, 2.05) is 13.0 Å². The largest absolute Gasteiger partial charge is 0.384 e. The molecule has 0 spiro atoms. The number of rotatable bonds is 6. The Labute approximate surface area is 96.5 Å². The number of pyridine rings is 1. The lowest BCUT2D eigenvalue weighted by Gasteiger charge is -2.05. The fourth-order valence-electron chi connectivity index (χ4n) is 1.23. The molecule has 1 heterocycles. The van der Waals surface area contributed by atoms with Crippen molar-refractivity contribution in [1.82, 2.24) is 10.3 Å². The van der Waals surface area contributed by atoms with E-state index in [0.717, 1.165) is 25.1 Å². The number of carbonyl (C=O) groups excluding carboxylic acids is 1. The highest BCUT2D eigenvalue weighted by atomic mass is 16.1. The van der Waals surface area contributed by atoms with E-state index < -0.39 is 0 Å². The van der Waals surface area contributed by atoms with Crippen LogP contribution in [0.4, 0.5) is 5.69 Å². The van der Waals surface area contributed by atoms with Crippen molar-refractivity contribution in [2.24, 2.45) is 0 Å². The van der Waals surface area contributed by atoms with Gasteiger partial charge in [-0.25, -0.2) is 4.98 Å². The molecule has 2 N–H and O–H groups in total. The fraction of sp³-hybridized carbons (Fsp3) is 0.500. The van der Waals surface area contributed by atoms with Crippen LogP contribution < -0.4 is 10.6 Å². The van der Waals surface area contributed by atoms with Gasteiger partial charge in [-0.2, -0.15) is 0 Å². The van der Waals surface area contributed by atoms with Gasteiger partial charge in [0.05, 0.1) is 11.9 Å². The van der Waals surface area contributed by atoms with Crippen LogP contribution in [0.5, 0.6) is 0 Å². The van der Waals surface area contributed by atoms with Gasteiger partial charge in [0.15, 0.2) is 0 Å². The number of amides is 1. The predicted octanol–water partition coefficient (Wildman–Crippen LogP) is 2.04. The summed E-state index contributed by atoms with van der Waals surface area (Å²) in [6, 6.07) is 3.62. The fourth-order valence-corrected chi connectivity index (χ4v) is 1.23. The van der Waals surface area contributed by atoms with Gasteiger partial charge in [-0.3, -0.25) is 4.79 Å². The first kappa shape index (κ1) is 12.5. The van der Waals surface area contributed by atoms with E-state index in [1.165, 1.54) is 0 Å². The SMILES string of the molecule is CCCNC(=O)c1ccc(NCCC)cn1. The topological polar surface area (TPSA) is 54.0 Å². The third-order valence-electron chi connectivity index (χ3n) is 2.11. The molecule has 0 aliphatic heterocycles. The molecule has 0 radical (unpaired) electrons. The molecule has 16 heavy (non-hydrogen) atoms. The minimum absolute atomic E-state index is 0.108. The van der Waals surface area contributed by atoms with Crippen LogP contribution in [0.3, 0.4) is 0 Å². The third-order valence-corrected chi connectivity index (χ3v) is 2.11. The molecule has 0 bridgehead atoms. The van der Waals surface area contributed by atoms with E-state index in [1.54, 1.807) is 12.3 Å². The molecule has 1 aromatic heterocycles. The molecule has 88 valence electrons. The first-order valence-corrected chi connectivity index (χ1v) is 5.76. The summed E-state index contributed by atoms with van der Waals surface area (Å²) in [7, 11) is 0. The molecule has 0 aliphatic carbocycles. The van der Waals surface area contributed by atoms with Crippen LogP contribution in [0.1, 0.15) is 37.2 Å². The van der Waals surface area contributed by atoms with E-state index in [9.17, 15) is 4.79 Å². The van der Waals surface area contributed by atoms with Crippen molar-refractivity contribution < 1.29 is 4.79 Å². The van der Waals surface area contributed by atoms with Gasteiger partial charge in [0, 0.05) is 13.1 Å². The molecule has 0 aromatic carbocycles. The van der Waals surface area contributed by atoms with Crippen molar-refractivity contribution in [3.8, 4) is 0 Å². The summed E-state index contributed by atoms with van der Waals surface area (Å²) in [6.07, 6.45) is 3.69. The lowest BCUT2D eigenvalue weighted by Crippen LogP contribution is -2.24. The van der Waals surface area contributed by atoms with Gasteiger partial charge in [-0.05, 0) is 25.0 Å². The first-order chi connectivity index (χ1) is 7.77. The van der Waals surface area contributed by atoms with Crippen LogP contribution in [0, 0.1) is 0 Å². The maximum atomic E-state index is 11.5. The van der Waals surface area contributed by atoms with Crippen molar-refractivity contribution in [2.45, 2.75) is 26.7 Å². The Morgan fingerprint density at radius 2 is 2.00 bits per heavy atom. The molecular formula is C12H19N3O. The normalized spacial score (nSPS) is 9.88. The van der Waals surface area contributed by atoms with Gasteiger partial charge < -0.3 is 10.6 Å². The van der Waals surface area contributed by atoms with Crippen molar-refractivity contribution in [3.63, 3.8) is 0 Å². The Bertz CT molecular complexity index is 322. The summed E-state index contributed by atoms with van der Waals surface area (Å²) in [5.41, 5.74) is 1.42. The number of hydrogen-bond acceptors (Lipinski definition) is 3. The molecule has 1 amide bonds. The van der Waals surface area contributed by atoms with E-state index in [2.05, 4.69) is 22.5 Å². The first-order valence-electron chi connectivity index (χ1n) is 5.76. The van der Waals surface area contributed by atoms with E-state index in [4.69, 9.17) is 0 Å². The van der Waals surface area contributed by atoms with Crippen LogP contribution >= 0.6 is 0 Å². The molecule has 0 saturated carbocycles. The second-order valence-electron chi connectivity index (χ2n) is 3.61. The zero-order valence-corrected chi connectivity index (χ0v) is 9.92. The Morgan fingerprint density at radius 3 is 2.56 bits per heavy atom. The van der Waals surface area contributed by atoms with E-state index in [-0.39, 0.29) is 5.91 Å². The minimum Gasteiger partial charge on any atom is -0.384 e. The summed E-state index contributed by atoms with van der Waals surface area (Å²) in [5, 5.41) is 6.00. The Kier molecular flexibility index (Phi) is 5.32. The number of carbonyl (C=O) groups is 1. The van der Waals surface area contributed by atoms with Crippen molar-refractivity contribution in [1.29, 1.82) is 0 Å². The third kappa shape index (κ3) is 3.88. The maximum absolute atomic E-state index is 11.5. The lowest BCUT2D eigenvalue weighted by atomic mass is 10.3. The molecule has 0 saturated heterocycles. The van der Waals surface area contributed by atoms with Gasteiger partial charge in [-0.1, -0.05) is 13.8 Å². The molecule has 4 heteroatoms. The Balaban J connectivity index is 2.53. The number of aromatic nitrogens is 1. The maximum Gasteiger partial charge on any atom is 0.269 e. The summed E-state index contributed by atoms with van der Waals surface area (Å²) in [5.74, 6) is -0.108. The number of anilines is 1. The molecule has 4 nitrogen and oxygen atoms in total. The second kappa shape index (κ2) is 6.82. The average molecular weight is 221 g/mol. The molecule has 0 unspecified atom stereocenters. The zero-order valence-electron chi connectivity index (χ0n) is 9.92. The van der Waals surface area contributed by atoms with E-state index >= 15 is 0 Å². The van der Waals surface area contributed by atoms with Gasteiger partial charge >= 0.3 is 0 Å². The average Bonchev–Trinajstić information content (AvgIpc) is 2.34. The van der Waals surface area contributed by atoms with Crippen LogP contribution in [0.2, 0.25) is 0 Å². The lowest BCUT2D eigenvalue weighted by molar-refractivity contribution is 0.0949. The van der Waals surface area contributed by atoms with Gasteiger partial charge in [-0.15, -0.1) is 0 Å². The monoisotopic (exact) mass is 221 g/mol. The summed E-state index contributed by atoms with van der Waals surface area (Å²) in [4.78, 5) is 15.6. The molecule has 0 atom stereocenters. The van der Waals surface area contributed by atoms with Crippen LogP contribution in [-0.4, -0.2) is 24.0 Å². The standard InChI is InChI=1S/C12H19N3O/c1-3-7-13-10-5-6-11(15-9-10)12(16)14-8-4-2/h5-6,9,13H,3-4,7-8H2,1-2H3,(H,14,16). The number of nitrogens with one attached hydrogen (secondary N) is 2. The summed E-state index contributed by atoms with van der Waals surface area (Å²) < 4.78 is 0. The van der Waals surface area contributed by atoms with Crippen LogP contribution in [0.25, 0.3) is 0 Å². The van der Waals surface area contributed by atoms with Crippen molar-refractivity contribution >= 4 is 11.6 Å². The minimum atomic E-state index is -0.108. The van der Waals surface area contributed by atoms with Crippen LogP contribution in [0.15, 0.2) is 18.3 Å². The molecular weight excluding hydrogens is 202 g/mol. The van der Waals surface area contributed by atoms with Crippen molar-refractivity contribution in [3.05, 3.63) is 24.0 Å². The molecule has 1 rings (SSSR count). The number of hydrogen-bond donors (Lipinski definition) is 2. The Morgan fingerprint density at radius 1 is 1.25 bits per heavy atom. The smallest absolute Gasteiger partial charge is 0.269 e.